The fourth-order valence-corrected chi connectivity index (χ4v) is 5.84. The van der Waals surface area contributed by atoms with E-state index in [1.165, 1.54) is 28.6 Å². The van der Waals surface area contributed by atoms with E-state index in [1.54, 1.807) is 6.07 Å². The molecule has 0 atom stereocenters. The summed E-state index contributed by atoms with van der Waals surface area (Å²) in [7, 11) is -3.99. The zero-order valence-corrected chi connectivity index (χ0v) is 18.4. The molecular weight excluding hydrogens is 446 g/mol. The summed E-state index contributed by atoms with van der Waals surface area (Å²) in [4.78, 5) is 12.3. The van der Waals surface area contributed by atoms with Crippen LogP contribution in [0.3, 0.4) is 0 Å². The summed E-state index contributed by atoms with van der Waals surface area (Å²) >= 11 is 0. The maximum atomic E-state index is 13.0. The Hall–Kier alpha value is -3.47. The first-order valence-electron chi connectivity index (χ1n) is 10.4. The fourth-order valence-electron chi connectivity index (χ4n) is 4.26. The third-order valence-electron chi connectivity index (χ3n) is 5.98. The molecule has 0 saturated carbocycles. The summed E-state index contributed by atoms with van der Waals surface area (Å²) in [5, 5.41) is 23.6. The molecule has 1 aliphatic heterocycles. The van der Waals surface area contributed by atoms with E-state index in [-0.39, 0.29) is 23.7 Å². The number of piperazine rings is 1. The number of fused-ring (bicyclic) bond motifs is 3. The van der Waals surface area contributed by atoms with E-state index >= 15 is 0 Å². The molecule has 0 amide bonds. The largest absolute Gasteiger partial charge is 0.508 e. The van der Waals surface area contributed by atoms with Crippen LogP contribution in [-0.4, -0.2) is 53.8 Å². The van der Waals surface area contributed by atoms with Gasteiger partial charge in [0.05, 0.1) is 4.92 Å². The lowest BCUT2D eigenvalue weighted by Gasteiger charge is -2.33. The first-order valence-corrected chi connectivity index (χ1v) is 11.9. The van der Waals surface area contributed by atoms with Crippen molar-refractivity contribution in [2.45, 2.75) is 11.4 Å². The molecule has 1 fully saturated rings. The summed E-state index contributed by atoms with van der Waals surface area (Å²) in [5.41, 5.74) is 1.69. The zero-order chi connectivity index (χ0) is 23.2. The highest BCUT2D eigenvalue weighted by molar-refractivity contribution is 7.89. The molecule has 9 nitrogen and oxygen atoms in total. The Kier molecular flexibility index (Phi) is 5.28. The van der Waals surface area contributed by atoms with Crippen LogP contribution >= 0.6 is 0 Å². The second kappa shape index (κ2) is 8.14. The van der Waals surface area contributed by atoms with Gasteiger partial charge in [-0.2, -0.15) is 4.31 Å². The summed E-state index contributed by atoms with van der Waals surface area (Å²) in [6.07, 6.45) is 0. The quantitative estimate of drug-likeness (QED) is 0.351. The summed E-state index contributed by atoms with van der Waals surface area (Å²) in [5.74, 6) is 0.156. The SMILES string of the molecule is O=[N+]([O-])c1ccccc1S(=O)(=O)N1CCN(Cc2cc3oc4ccccc4c3cc2O)CC1. The van der Waals surface area contributed by atoms with E-state index in [1.807, 2.05) is 35.2 Å². The molecule has 5 rings (SSSR count). The molecule has 1 saturated heterocycles. The van der Waals surface area contributed by atoms with Crippen molar-refractivity contribution in [2.24, 2.45) is 0 Å². The molecule has 33 heavy (non-hydrogen) atoms. The number of aromatic hydroxyl groups is 1. The average Bonchev–Trinajstić information content (AvgIpc) is 3.17. The Morgan fingerprint density at radius 1 is 0.939 bits per heavy atom. The van der Waals surface area contributed by atoms with Gasteiger partial charge < -0.3 is 9.52 Å². The maximum absolute atomic E-state index is 13.0. The molecule has 2 heterocycles. The van der Waals surface area contributed by atoms with Gasteiger partial charge in [0.25, 0.3) is 5.69 Å². The van der Waals surface area contributed by atoms with Crippen molar-refractivity contribution < 1.29 is 22.9 Å². The van der Waals surface area contributed by atoms with Crippen LogP contribution in [0.15, 0.2) is 70.0 Å². The number of benzene rings is 3. The van der Waals surface area contributed by atoms with Crippen molar-refractivity contribution in [3.63, 3.8) is 0 Å². The second-order valence-corrected chi connectivity index (χ2v) is 9.89. The minimum Gasteiger partial charge on any atom is -0.508 e. The van der Waals surface area contributed by atoms with Crippen LogP contribution in [0.2, 0.25) is 0 Å². The van der Waals surface area contributed by atoms with Crippen LogP contribution in [-0.2, 0) is 16.6 Å². The van der Waals surface area contributed by atoms with Crippen LogP contribution in [0.1, 0.15) is 5.56 Å². The van der Waals surface area contributed by atoms with Gasteiger partial charge in [0.2, 0.25) is 10.0 Å². The molecule has 1 aliphatic rings. The Morgan fingerprint density at radius 2 is 1.64 bits per heavy atom. The smallest absolute Gasteiger partial charge is 0.289 e. The minimum atomic E-state index is -3.99. The molecule has 1 aromatic heterocycles. The number of phenolic OH excluding ortho intramolecular Hbond substituents is 1. The average molecular weight is 468 g/mol. The normalized spacial score (nSPS) is 15.9. The zero-order valence-electron chi connectivity index (χ0n) is 17.5. The molecule has 0 radical (unpaired) electrons. The fraction of sp³-hybridized carbons (Fsp3) is 0.217. The molecule has 0 spiro atoms. The highest BCUT2D eigenvalue weighted by Gasteiger charge is 2.33. The minimum absolute atomic E-state index is 0.156. The van der Waals surface area contributed by atoms with Crippen LogP contribution in [0.5, 0.6) is 5.75 Å². The van der Waals surface area contributed by atoms with E-state index in [9.17, 15) is 23.6 Å². The predicted octanol–water partition coefficient (Wildman–Crippen LogP) is 3.71. The number of nitro benzene ring substituents is 1. The van der Waals surface area contributed by atoms with Crippen molar-refractivity contribution >= 4 is 37.6 Å². The Labute approximate surface area is 189 Å². The second-order valence-electron chi connectivity index (χ2n) is 7.98. The number of hydrogen-bond acceptors (Lipinski definition) is 7. The van der Waals surface area contributed by atoms with E-state index in [2.05, 4.69) is 0 Å². The number of nitrogens with zero attached hydrogens (tertiary/aromatic N) is 3. The van der Waals surface area contributed by atoms with Crippen molar-refractivity contribution in [3.8, 4) is 5.75 Å². The topological polar surface area (TPSA) is 117 Å². The maximum Gasteiger partial charge on any atom is 0.289 e. The van der Waals surface area contributed by atoms with Crippen LogP contribution < -0.4 is 0 Å². The van der Waals surface area contributed by atoms with Gasteiger partial charge in [-0.05, 0) is 24.3 Å². The predicted molar refractivity (Wildman–Crippen MR) is 123 cm³/mol. The van der Waals surface area contributed by atoms with Crippen LogP contribution in [0, 0.1) is 10.1 Å². The number of furan rings is 1. The molecule has 0 unspecified atom stereocenters. The number of phenols is 1. The molecule has 3 aromatic carbocycles. The number of rotatable bonds is 5. The van der Waals surface area contributed by atoms with Gasteiger partial charge in [-0.25, -0.2) is 8.42 Å². The van der Waals surface area contributed by atoms with Gasteiger partial charge >= 0.3 is 0 Å². The van der Waals surface area contributed by atoms with Crippen molar-refractivity contribution in [2.75, 3.05) is 26.2 Å². The Morgan fingerprint density at radius 3 is 2.39 bits per heavy atom. The van der Waals surface area contributed by atoms with Crippen LogP contribution in [0.4, 0.5) is 5.69 Å². The molecule has 0 bridgehead atoms. The molecule has 0 aliphatic carbocycles. The molecular formula is C23H21N3O6S. The lowest BCUT2D eigenvalue weighted by molar-refractivity contribution is -0.387. The van der Waals surface area contributed by atoms with Crippen molar-refractivity contribution in [3.05, 3.63) is 76.3 Å². The van der Waals surface area contributed by atoms with Crippen LogP contribution in [0.25, 0.3) is 21.9 Å². The van der Waals surface area contributed by atoms with Gasteiger partial charge in [0.15, 0.2) is 4.90 Å². The molecule has 170 valence electrons. The third kappa shape index (κ3) is 3.82. The van der Waals surface area contributed by atoms with Gasteiger partial charge in [-0.1, -0.05) is 30.3 Å². The van der Waals surface area contributed by atoms with Gasteiger partial charge in [-0.15, -0.1) is 0 Å². The number of sulfonamides is 1. The number of para-hydroxylation sites is 2. The highest BCUT2D eigenvalue weighted by Crippen LogP contribution is 2.34. The van der Waals surface area contributed by atoms with E-state index in [0.717, 1.165) is 16.4 Å². The van der Waals surface area contributed by atoms with E-state index in [4.69, 9.17) is 4.42 Å². The standard InChI is InChI=1S/C23H21N3O6S/c27-20-14-18-17-5-1-3-7-21(17)32-22(18)13-16(20)15-24-9-11-25(12-10-24)33(30,31)23-8-4-2-6-19(23)26(28)29/h1-8,13-14,27H,9-12,15H2. The molecule has 1 N–H and O–H groups in total. The highest BCUT2D eigenvalue weighted by atomic mass is 32.2. The summed E-state index contributed by atoms with van der Waals surface area (Å²) < 4.78 is 33.2. The van der Waals surface area contributed by atoms with Gasteiger partial charge in [-0.3, -0.25) is 15.0 Å². The van der Waals surface area contributed by atoms with Gasteiger partial charge in [0, 0.05) is 55.1 Å². The molecule has 4 aromatic rings. The first-order chi connectivity index (χ1) is 15.8. The lowest BCUT2D eigenvalue weighted by atomic mass is 10.1. The van der Waals surface area contributed by atoms with Crippen molar-refractivity contribution in [1.29, 1.82) is 0 Å². The third-order valence-corrected chi connectivity index (χ3v) is 7.93. The van der Waals surface area contributed by atoms with E-state index < -0.39 is 20.6 Å². The summed E-state index contributed by atoms with van der Waals surface area (Å²) in [6.45, 7) is 1.68. The number of hydrogen-bond donors (Lipinski definition) is 1. The summed E-state index contributed by atoms with van der Waals surface area (Å²) in [6, 6.07) is 16.5. The first kappa shape index (κ1) is 21.4. The number of nitro groups is 1. The Balaban J connectivity index is 1.33. The van der Waals surface area contributed by atoms with Crippen molar-refractivity contribution in [1.82, 2.24) is 9.21 Å². The monoisotopic (exact) mass is 467 g/mol. The molecule has 10 heteroatoms. The van der Waals surface area contributed by atoms with E-state index in [0.29, 0.717) is 30.8 Å². The Bertz CT molecular complexity index is 1470. The van der Waals surface area contributed by atoms with Gasteiger partial charge in [0.1, 0.15) is 16.9 Å². The lowest BCUT2D eigenvalue weighted by Crippen LogP contribution is -2.48.